The molecule has 2 N–H and O–H groups in total. The molecule has 1 aromatic rings. The van der Waals surface area contributed by atoms with Crippen LogP contribution in [0.2, 0.25) is 0 Å². The third-order valence-electron chi connectivity index (χ3n) is 4.68. The van der Waals surface area contributed by atoms with E-state index in [1.807, 2.05) is 0 Å². The van der Waals surface area contributed by atoms with Gasteiger partial charge in [-0.1, -0.05) is 0 Å². The maximum absolute atomic E-state index is 12.4. The number of carboxylic acids is 1. The maximum atomic E-state index is 12.4. The quantitative estimate of drug-likeness (QED) is 0.491. The number of aromatic hydroxyl groups is 1. The van der Waals surface area contributed by atoms with Gasteiger partial charge in [-0.15, -0.1) is 11.8 Å². The van der Waals surface area contributed by atoms with Crippen LogP contribution in [-0.2, 0) is 23.7 Å². The smallest absolute Gasteiger partial charge is 0.333 e. The van der Waals surface area contributed by atoms with Crippen LogP contribution >= 0.6 is 11.8 Å². The van der Waals surface area contributed by atoms with E-state index in [0.29, 0.717) is 0 Å². The van der Waals surface area contributed by atoms with Crippen molar-refractivity contribution in [3.63, 3.8) is 0 Å². The van der Waals surface area contributed by atoms with Crippen molar-refractivity contribution in [2.24, 2.45) is 19.1 Å². The number of fused-ring (bicyclic) bond motifs is 1. The van der Waals surface area contributed by atoms with Crippen molar-refractivity contribution in [3.8, 4) is 5.88 Å². The van der Waals surface area contributed by atoms with Crippen molar-refractivity contribution in [1.29, 1.82) is 0 Å². The highest BCUT2D eigenvalue weighted by atomic mass is 32.2. The van der Waals surface area contributed by atoms with Crippen LogP contribution in [0.25, 0.3) is 0 Å². The Balaban J connectivity index is 1.94. The minimum absolute atomic E-state index is 0.210. The summed E-state index contributed by atoms with van der Waals surface area (Å²) in [7, 11) is 2.57. The van der Waals surface area contributed by atoms with E-state index in [1.54, 1.807) is 13.8 Å². The van der Waals surface area contributed by atoms with Crippen LogP contribution in [0.4, 0.5) is 0 Å². The number of rotatable bonds is 3. The summed E-state index contributed by atoms with van der Waals surface area (Å²) in [6.07, 6.45) is 1.07. The van der Waals surface area contributed by atoms with Crippen LogP contribution in [-0.4, -0.2) is 64.5 Å². The third kappa shape index (κ3) is 2.37. The summed E-state index contributed by atoms with van der Waals surface area (Å²) < 4.78 is 1.04. The first-order chi connectivity index (χ1) is 12.0. The first-order valence-corrected chi connectivity index (χ1v) is 8.62. The van der Waals surface area contributed by atoms with Gasteiger partial charge in [-0.3, -0.25) is 23.7 Å². The molecule has 2 saturated heterocycles. The first kappa shape index (κ1) is 18.2. The van der Waals surface area contributed by atoms with Crippen molar-refractivity contribution in [1.82, 2.24) is 14.0 Å². The van der Waals surface area contributed by atoms with Crippen molar-refractivity contribution in [3.05, 3.63) is 26.4 Å². The molecule has 2 fully saturated rings. The molecular weight excluding hydrogens is 364 g/mol. The zero-order chi connectivity index (χ0) is 19.5. The van der Waals surface area contributed by atoms with Gasteiger partial charge in [-0.2, -0.15) is 0 Å². The minimum atomic E-state index is -1.08. The van der Waals surface area contributed by atoms with Gasteiger partial charge in [0.2, 0.25) is 5.88 Å². The van der Waals surface area contributed by atoms with Crippen LogP contribution in [0.1, 0.15) is 19.4 Å². The minimum Gasteiger partial charge on any atom is -0.494 e. The lowest BCUT2D eigenvalue weighted by Gasteiger charge is -2.41. The molecule has 1 amide bonds. The second kappa shape index (κ2) is 5.73. The highest BCUT2D eigenvalue weighted by Crippen LogP contribution is 2.51. The number of hydrogen-bond donors (Lipinski definition) is 2. The van der Waals surface area contributed by atoms with Gasteiger partial charge in [-0.25, -0.2) is 9.59 Å². The molecule has 10 nitrogen and oxygen atoms in total. The number of carbonyl (C=O) groups excluding carboxylic acids is 1. The fourth-order valence-corrected chi connectivity index (χ4v) is 4.88. The topological polar surface area (TPSA) is 134 Å². The average molecular weight is 382 g/mol. The number of nitrogens with zero attached hydrogens (tertiary/aromatic N) is 4. The SMILES string of the molecule is Cn1c(O)c(C=N[C@@H]2C(=O)N3[C@@H]2SC(C)(C)[C@@H]3C(=O)O)c(=O)n(C)c1=O. The van der Waals surface area contributed by atoms with E-state index < -0.39 is 51.2 Å². The summed E-state index contributed by atoms with van der Waals surface area (Å²) in [4.78, 5) is 53.1. The Kier molecular flexibility index (Phi) is 4.02. The van der Waals surface area contributed by atoms with Crippen LogP contribution in [0, 0.1) is 0 Å². The largest absolute Gasteiger partial charge is 0.494 e. The predicted molar refractivity (Wildman–Crippen MR) is 93.7 cm³/mol. The lowest BCUT2D eigenvalue weighted by molar-refractivity contribution is -0.158. The Hall–Kier alpha value is -2.56. The van der Waals surface area contributed by atoms with Gasteiger partial charge < -0.3 is 15.1 Å². The molecular formula is C15H18N4O6S. The number of thioether (sulfide) groups is 1. The highest BCUT2D eigenvalue weighted by Gasteiger charge is 2.63. The molecule has 3 heterocycles. The molecule has 3 rings (SSSR count). The molecule has 3 atom stereocenters. The number of hydrogen-bond acceptors (Lipinski definition) is 7. The van der Waals surface area contributed by atoms with Gasteiger partial charge >= 0.3 is 11.7 Å². The molecule has 1 aromatic heterocycles. The van der Waals surface area contributed by atoms with Crippen LogP contribution in [0.5, 0.6) is 5.88 Å². The number of amides is 1. The first-order valence-electron chi connectivity index (χ1n) is 7.74. The van der Waals surface area contributed by atoms with Crippen LogP contribution in [0.3, 0.4) is 0 Å². The van der Waals surface area contributed by atoms with Gasteiger partial charge in [0.05, 0.1) is 0 Å². The monoisotopic (exact) mass is 382 g/mol. The number of aromatic nitrogens is 2. The summed E-state index contributed by atoms with van der Waals surface area (Å²) in [6.45, 7) is 3.49. The molecule has 0 aliphatic carbocycles. The Morgan fingerprint density at radius 2 is 1.85 bits per heavy atom. The van der Waals surface area contributed by atoms with E-state index in [1.165, 1.54) is 30.8 Å². The molecule has 0 bridgehead atoms. The number of aliphatic carboxylic acids is 1. The number of β-lactam (4-membered cyclic amide) rings is 1. The van der Waals surface area contributed by atoms with Crippen molar-refractivity contribution >= 4 is 29.9 Å². The summed E-state index contributed by atoms with van der Waals surface area (Å²) in [6, 6.07) is -1.79. The van der Waals surface area contributed by atoms with Crippen molar-refractivity contribution in [2.75, 3.05) is 0 Å². The molecule has 0 aromatic carbocycles. The number of aliphatic imine (C=N–C) groups is 1. The van der Waals surface area contributed by atoms with E-state index >= 15 is 0 Å². The second-order valence-electron chi connectivity index (χ2n) is 6.76. The summed E-state index contributed by atoms with van der Waals surface area (Å²) in [5.41, 5.74) is -1.63. The molecule has 2 aliphatic rings. The summed E-state index contributed by atoms with van der Waals surface area (Å²) in [5, 5.41) is 19.0. The molecule has 11 heteroatoms. The van der Waals surface area contributed by atoms with E-state index in [4.69, 9.17) is 0 Å². The number of carboxylic acid groups (broad SMARTS) is 1. The summed E-state index contributed by atoms with van der Waals surface area (Å²) in [5.74, 6) is -2.07. The Bertz CT molecular complexity index is 962. The fraction of sp³-hybridized carbons (Fsp3) is 0.533. The van der Waals surface area contributed by atoms with Crippen LogP contribution in [0.15, 0.2) is 14.6 Å². The third-order valence-corrected chi connectivity index (χ3v) is 6.24. The Morgan fingerprint density at radius 1 is 1.23 bits per heavy atom. The van der Waals surface area contributed by atoms with Crippen molar-refractivity contribution < 1.29 is 19.8 Å². The van der Waals surface area contributed by atoms with Crippen LogP contribution < -0.4 is 11.2 Å². The standard InChI is InChI=1S/C15H18N4O6S/c1-15(2)8(13(23)24)19-11(22)7(12(19)26-15)16-5-6-9(20)17(3)14(25)18(4)10(6)21/h5,7-8,12,20H,1-4H3,(H,23,24)/t7-,8+,12-/m1/s1. The molecule has 2 aliphatic heterocycles. The molecule has 0 saturated carbocycles. The van der Waals surface area contributed by atoms with E-state index in [-0.39, 0.29) is 5.56 Å². The van der Waals surface area contributed by atoms with Crippen molar-refractivity contribution in [2.45, 2.75) is 36.1 Å². The van der Waals surface area contributed by atoms with Gasteiger partial charge in [0.25, 0.3) is 11.5 Å². The summed E-state index contributed by atoms with van der Waals surface area (Å²) >= 11 is 1.33. The lowest BCUT2D eigenvalue weighted by Crippen LogP contribution is -2.64. The average Bonchev–Trinajstić information content (AvgIpc) is 2.82. The van der Waals surface area contributed by atoms with E-state index in [9.17, 15) is 29.4 Å². The number of carbonyl (C=O) groups is 2. The molecule has 26 heavy (non-hydrogen) atoms. The molecule has 0 radical (unpaired) electrons. The van der Waals surface area contributed by atoms with Gasteiger partial charge in [-0.05, 0) is 13.8 Å². The zero-order valence-corrected chi connectivity index (χ0v) is 15.4. The maximum Gasteiger partial charge on any atom is 0.333 e. The second-order valence-corrected chi connectivity index (χ2v) is 8.54. The predicted octanol–water partition coefficient (Wildman–Crippen LogP) is -1.28. The fourth-order valence-electron chi connectivity index (χ4n) is 3.26. The Labute approximate surface area is 151 Å². The zero-order valence-electron chi connectivity index (χ0n) is 14.5. The molecule has 0 unspecified atom stereocenters. The Morgan fingerprint density at radius 3 is 2.42 bits per heavy atom. The van der Waals surface area contributed by atoms with Gasteiger partial charge in [0, 0.05) is 25.1 Å². The molecule has 0 spiro atoms. The highest BCUT2D eigenvalue weighted by molar-refractivity contribution is 8.01. The van der Waals surface area contributed by atoms with E-state index in [0.717, 1.165) is 15.3 Å². The van der Waals surface area contributed by atoms with Gasteiger partial charge in [0.1, 0.15) is 17.0 Å². The van der Waals surface area contributed by atoms with Gasteiger partial charge in [0.15, 0.2) is 6.04 Å². The molecule has 140 valence electrons. The normalized spacial score (nSPS) is 26.8. The lowest BCUT2D eigenvalue weighted by atomic mass is 9.96. The van der Waals surface area contributed by atoms with E-state index in [2.05, 4.69) is 4.99 Å².